The van der Waals surface area contributed by atoms with Gasteiger partial charge < -0.3 is 25.2 Å². The van der Waals surface area contributed by atoms with Gasteiger partial charge in [-0.2, -0.15) is 0 Å². The zero-order chi connectivity index (χ0) is 15.3. The Hall–Kier alpha value is -2.48. The van der Waals surface area contributed by atoms with Crippen LogP contribution in [0.15, 0.2) is 24.3 Å². The zero-order valence-corrected chi connectivity index (χ0v) is 10.5. The molecule has 0 saturated heterocycles. The molecule has 7 nitrogen and oxygen atoms in total. The zero-order valence-electron chi connectivity index (χ0n) is 10.5. The van der Waals surface area contributed by atoms with E-state index in [1.807, 2.05) is 0 Å². The van der Waals surface area contributed by atoms with Crippen molar-refractivity contribution >= 4 is 22.7 Å². The molecule has 1 aliphatic heterocycles. The predicted molar refractivity (Wildman–Crippen MR) is 68.9 cm³/mol. The molecule has 4 N–H and O–H groups in total. The molecule has 0 aromatic heterocycles. The fraction of sp³-hybridized carbons (Fsp3) is 0.143. The van der Waals surface area contributed by atoms with E-state index in [1.165, 1.54) is 24.3 Å². The van der Waals surface area contributed by atoms with Crippen LogP contribution in [0, 0.1) is 0 Å². The Morgan fingerprint density at radius 2 is 1.24 bits per heavy atom. The van der Waals surface area contributed by atoms with Crippen LogP contribution in [0.1, 0.15) is 44.4 Å². The third-order valence-corrected chi connectivity index (χ3v) is 3.48. The highest BCUT2D eigenvalue weighted by Gasteiger charge is 2.30. The van der Waals surface area contributed by atoms with Gasteiger partial charge in [0.1, 0.15) is 0 Å². The van der Waals surface area contributed by atoms with Gasteiger partial charge in [0, 0.05) is 16.5 Å². The molecule has 1 heterocycles. The summed E-state index contributed by atoms with van der Waals surface area (Å²) in [4.78, 5) is 22.7. The Morgan fingerprint density at radius 1 is 0.810 bits per heavy atom. The van der Waals surface area contributed by atoms with E-state index in [4.69, 9.17) is 4.74 Å². The molecule has 0 fully saturated rings. The van der Waals surface area contributed by atoms with Crippen LogP contribution in [-0.4, -0.2) is 32.4 Å². The molecule has 0 bridgehead atoms. The fourth-order valence-electron chi connectivity index (χ4n) is 2.59. The molecule has 2 atom stereocenters. The molecule has 7 heteroatoms. The van der Waals surface area contributed by atoms with E-state index in [1.54, 1.807) is 0 Å². The van der Waals surface area contributed by atoms with Crippen molar-refractivity contribution in [3.05, 3.63) is 46.5 Å². The van der Waals surface area contributed by atoms with Crippen LogP contribution in [-0.2, 0) is 4.74 Å². The molecule has 2 aromatic rings. The van der Waals surface area contributed by atoms with Gasteiger partial charge in [-0.1, -0.05) is 12.1 Å². The van der Waals surface area contributed by atoms with Gasteiger partial charge in [0.05, 0.1) is 11.1 Å². The Bertz CT molecular complexity index is 720. The largest absolute Gasteiger partial charge is 0.478 e. The van der Waals surface area contributed by atoms with Gasteiger partial charge in [-0.15, -0.1) is 0 Å². The second-order valence-electron chi connectivity index (χ2n) is 4.61. The summed E-state index contributed by atoms with van der Waals surface area (Å²) >= 11 is 0. The number of benzene rings is 2. The number of ether oxygens (including phenoxy) is 1. The van der Waals surface area contributed by atoms with Gasteiger partial charge in [0.25, 0.3) is 0 Å². The first-order valence-corrected chi connectivity index (χ1v) is 5.99. The van der Waals surface area contributed by atoms with E-state index in [0.29, 0.717) is 0 Å². The maximum Gasteiger partial charge on any atom is 0.336 e. The van der Waals surface area contributed by atoms with E-state index < -0.39 is 24.5 Å². The summed E-state index contributed by atoms with van der Waals surface area (Å²) in [6, 6.07) is 5.11. The lowest BCUT2D eigenvalue weighted by atomic mass is 9.90. The number of aliphatic hydroxyl groups is 2. The van der Waals surface area contributed by atoms with Crippen molar-refractivity contribution in [3.63, 3.8) is 0 Å². The van der Waals surface area contributed by atoms with Gasteiger partial charge in [-0.3, -0.25) is 0 Å². The second-order valence-corrected chi connectivity index (χ2v) is 4.61. The molecule has 0 radical (unpaired) electrons. The molecule has 0 spiro atoms. The van der Waals surface area contributed by atoms with E-state index in [2.05, 4.69) is 0 Å². The lowest BCUT2D eigenvalue weighted by Crippen LogP contribution is -2.18. The summed E-state index contributed by atoms with van der Waals surface area (Å²) in [5.41, 5.74) is 0.0143. The van der Waals surface area contributed by atoms with Gasteiger partial charge in [0.15, 0.2) is 12.6 Å². The molecule has 2 unspecified atom stereocenters. The number of rotatable bonds is 2. The molecular weight excluding hydrogens is 280 g/mol. The van der Waals surface area contributed by atoms with Crippen molar-refractivity contribution < 1.29 is 34.8 Å². The minimum atomic E-state index is -1.46. The number of aromatic carboxylic acids is 2. The van der Waals surface area contributed by atoms with Gasteiger partial charge >= 0.3 is 11.9 Å². The summed E-state index contributed by atoms with van der Waals surface area (Å²) in [5, 5.41) is 38.3. The van der Waals surface area contributed by atoms with Crippen LogP contribution >= 0.6 is 0 Å². The van der Waals surface area contributed by atoms with Gasteiger partial charge in [-0.05, 0) is 17.5 Å². The molecule has 21 heavy (non-hydrogen) atoms. The highest BCUT2D eigenvalue weighted by Crippen LogP contribution is 2.41. The Labute approximate surface area is 117 Å². The van der Waals surface area contributed by atoms with Crippen LogP contribution in [0.5, 0.6) is 0 Å². The maximum absolute atomic E-state index is 11.3. The lowest BCUT2D eigenvalue weighted by molar-refractivity contribution is -0.218. The Kier molecular flexibility index (Phi) is 2.91. The van der Waals surface area contributed by atoms with E-state index >= 15 is 0 Å². The minimum absolute atomic E-state index is 0.0357. The van der Waals surface area contributed by atoms with Crippen LogP contribution < -0.4 is 0 Å². The van der Waals surface area contributed by atoms with E-state index in [9.17, 15) is 30.0 Å². The number of carboxylic acids is 2. The Balaban J connectivity index is 2.54. The SMILES string of the molecule is O=C(O)c1ccc2c3c(ccc(C(=O)O)c13)C(O)OC2O. The highest BCUT2D eigenvalue weighted by molar-refractivity contribution is 6.14. The van der Waals surface area contributed by atoms with Crippen molar-refractivity contribution in [3.8, 4) is 0 Å². The molecule has 0 amide bonds. The standard InChI is InChI=1S/C14H10O7/c15-11(16)5-1-3-7-10-8(14(20)21-13(7)19)4-2-6(9(5)10)12(17)18/h1-4,13-14,19-20H,(H,15,16)(H,17,18). The first-order chi connectivity index (χ1) is 9.91. The average Bonchev–Trinajstić information content (AvgIpc) is 2.43. The first-order valence-electron chi connectivity index (χ1n) is 5.99. The predicted octanol–water partition coefficient (Wildman–Crippen LogP) is 1.25. The summed E-state index contributed by atoms with van der Waals surface area (Å²) in [7, 11) is 0. The van der Waals surface area contributed by atoms with Gasteiger partial charge in [0.2, 0.25) is 0 Å². The summed E-state index contributed by atoms with van der Waals surface area (Å²) in [6.45, 7) is 0. The molecule has 3 rings (SSSR count). The molecule has 108 valence electrons. The quantitative estimate of drug-likeness (QED) is 0.656. The third kappa shape index (κ3) is 1.87. The normalized spacial score (nSPS) is 20.5. The number of carbonyl (C=O) groups is 2. The third-order valence-electron chi connectivity index (χ3n) is 3.48. The van der Waals surface area contributed by atoms with E-state index in [-0.39, 0.29) is 33.0 Å². The number of hydrogen-bond donors (Lipinski definition) is 4. The van der Waals surface area contributed by atoms with Crippen LogP contribution in [0.4, 0.5) is 0 Å². The van der Waals surface area contributed by atoms with Crippen LogP contribution in [0.3, 0.4) is 0 Å². The number of hydrogen-bond acceptors (Lipinski definition) is 5. The molecular formula is C14H10O7. The topological polar surface area (TPSA) is 124 Å². The van der Waals surface area contributed by atoms with Crippen LogP contribution in [0.25, 0.3) is 10.8 Å². The average molecular weight is 290 g/mol. The molecule has 2 aromatic carbocycles. The summed E-state index contributed by atoms with van der Waals surface area (Å²) in [5.74, 6) is -2.59. The smallest absolute Gasteiger partial charge is 0.336 e. The van der Waals surface area contributed by atoms with Crippen molar-refractivity contribution in [1.82, 2.24) is 0 Å². The molecule has 1 aliphatic rings. The second kappa shape index (κ2) is 4.52. The number of carboxylic acid groups (broad SMARTS) is 2. The van der Waals surface area contributed by atoms with Crippen molar-refractivity contribution in [2.75, 3.05) is 0 Å². The Morgan fingerprint density at radius 3 is 1.62 bits per heavy atom. The van der Waals surface area contributed by atoms with E-state index in [0.717, 1.165) is 0 Å². The summed E-state index contributed by atoms with van der Waals surface area (Å²) in [6.07, 6.45) is -2.91. The fourth-order valence-corrected chi connectivity index (χ4v) is 2.59. The molecule has 0 saturated carbocycles. The maximum atomic E-state index is 11.3. The highest BCUT2D eigenvalue weighted by atomic mass is 16.7. The van der Waals surface area contributed by atoms with Crippen molar-refractivity contribution in [1.29, 1.82) is 0 Å². The monoisotopic (exact) mass is 290 g/mol. The lowest BCUT2D eigenvalue weighted by Gasteiger charge is -2.27. The minimum Gasteiger partial charge on any atom is -0.478 e. The molecule has 0 aliphatic carbocycles. The van der Waals surface area contributed by atoms with Crippen molar-refractivity contribution in [2.24, 2.45) is 0 Å². The summed E-state index contributed by atoms with van der Waals surface area (Å²) < 4.78 is 4.92. The van der Waals surface area contributed by atoms with Crippen LogP contribution in [0.2, 0.25) is 0 Å². The van der Waals surface area contributed by atoms with Crippen molar-refractivity contribution in [2.45, 2.75) is 12.6 Å². The number of aliphatic hydroxyl groups excluding tert-OH is 2. The van der Waals surface area contributed by atoms with Gasteiger partial charge in [-0.25, -0.2) is 9.59 Å². The first kappa shape index (κ1) is 13.5.